The molecule has 4 heteroatoms. The number of halogens is 1. The van der Waals surface area contributed by atoms with Crippen molar-refractivity contribution in [3.8, 4) is 5.75 Å². The SMILES string of the molecule is C=C[C@@H](c1ccccc1)[C@](F)(C(=O)c1ccc(OC)cc1)c1ccccn1. The standard InChI is InChI=1S/C23H20FNO2/c1-3-20(17-9-5-4-6-10-17)23(24,21-11-7-8-16-25-21)22(26)18-12-14-19(27-2)15-13-18/h3-16,20H,1H2,2H3/t20-,23+/m0/s1. The van der Waals surface area contributed by atoms with Crippen LogP contribution in [0.15, 0.2) is 91.6 Å². The molecule has 0 spiro atoms. The van der Waals surface area contributed by atoms with E-state index in [1.807, 2.05) is 18.2 Å². The van der Waals surface area contributed by atoms with Crippen LogP contribution in [-0.2, 0) is 5.67 Å². The predicted octanol–water partition coefficient (Wildman–Crippen LogP) is 5.11. The van der Waals surface area contributed by atoms with Crippen molar-refractivity contribution < 1.29 is 13.9 Å². The molecule has 0 N–H and O–H groups in total. The number of hydrogen-bond donors (Lipinski definition) is 0. The van der Waals surface area contributed by atoms with Crippen LogP contribution in [-0.4, -0.2) is 17.9 Å². The molecule has 0 fully saturated rings. The number of ketones is 1. The van der Waals surface area contributed by atoms with Crippen molar-refractivity contribution >= 4 is 5.78 Å². The number of ether oxygens (including phenoxy) is 1. The molecule has 2 atom stereocenters. The van der Waals surface area contributed by atoms with Crippen LogP contribution in [0.1, 0.15) is 27.5 Å². The Balaban J connectivity index is 2.15. The van der Waals surface area contributed by atoms with Crippen molar-refractivity contribution in [2.75, 3.05) is 7.11 Å². The Morgan fingerprint density at radius 1 is 1.07 bits per heavy atom. The average molecular weight is 361 g/mol. The molecule has 136 valence electrons. The number of carbonyl (C=O) groups excluding carboxylic acids is 1. The summed E-state index contributed by atoms with van der Waals surface area (Å²) in [5, 5.41) is 0. The summed E-state index contributed by atoms with van der Waals surface area (Å²) in [6.45, 7) is 3.79. The number of alkyl halides is 1. The summed E-state index contributed by atoms with van der Waals surface area (Å²) in [5.41, 5.74) is -1.44. The Bertz CT molecular complexity index is 910. The van der Waals surface area contributed by atoms with Crippen LogP contribution in [0.25, 0.3) is 0 Å². The molecule has 3 nitrogen and oxygen atoms in total. The highest BCUT2D eigenvalue weighted by molar-refractivity contribution is 6.03. The number of nitrogens with zero attached hydrogens (tertiary/aromatic N) is 1. The van der Waals surface area contributed by atoms with Gasteiger partial charge in [0, 0.05) is 17.7 Å². The Labute approximate surface area is 158 Å². The number of benzene rings is 2. The van der Waals surface area contributed by atoms with Gasteiger partial charge in [0.25, 0.3) is 0 Å². The van der Waals surface area contributed by atoms with E-state index in [1.54, 1.807) is 48.5 Å². The fourth-order valence-electron chi connectivity index (χ4n) is 3.14. The van der Waals surface area contributed by atoms with Crippen LogP contribution >= 0.6 is 0 Å². The fourth-order valence-corrected chi connectivity index (χ4v) is 3.14. The molecule has 27 heavy (non-hydrogen) atoms. The monoisotopic (exact) mass is 361 g/mol. The number of allylic oxidation sites excluding steroid dienone is 1. The molecule has 0 aliphatic rings. The summed E-state index contributed by atoms with van der Waals surface area (Å²) >= 11 is 0. The molecule has 1 heterocycles. The molecule has 3 rings (SSSR count). The molecule has 0 saturated carbocycles. The van der Waals surface area contributed by atoms with Crippen LogP contribution < -0.4 is 4.74 Å². The summed E-state index contributed by atoms with van der Waals surface area (Å²) in [5.74, 6) is -0.960. The highest BCUT2D eigenvalue weighted by Crippen LogP contribution is 2.43. The molecular weight excluding hydrogens is 341 g/mol. The maximum absolute atomic E-state index is 16.6. The lowest BCUT2D eigenvalue weighted by atomic mass is 9.76. The minimum absolute atomic E-state index is 0.0552. The number of rotatable bonds is 7. The van der Waals surface area contributed by atoms with E-state index in [1.165, 1.54) is 25.4 Å². The van der Waals surface area contributed by atoms with E-state index >= 15 is 4.39 Å². The van der Waals surface area contributed by atoms with Crippen molar-refractivity contribution in [2.24, 2.45) is 0 Å². The zero-order valence-corrected chi connectivity index (χ0v) is 15.0. The lowest BCUT2D eigenvalue weighted by Crippen LogP contribution is -2.38. The van der Waals surface area contributed by atoms with E-state index in [0.717, 1.165) is 0 Å². The van der Waals surface area contributed by atoms with Gasteiger partial charge >= 0.3 is 0 Å². The lowest BCUT2D eigenvalue weighted by molar-refractivity contribution is 0.0625. The van der Waals surface area contributed by atoms with Crippen molar-refractivity contribution in [2.45, 2.75) is 11.6 Å². The molecule has 1 aromatic heterocycles. The molecular formula is C23H20FNO2. The van der Waals surface area contributed by atoms with Crippen molar-refractivity contribution in [3.05, 3.63) is 108 Å². The van der Waals surface area contributed by atoms with Gasteiger partial charge in [-0.05, 0) is 42.0 Å². The van der Waals surface area contributed by atoms with Crippen LogP contribution in [0.2, 0.25) is 0 Å². The summed E-state index contributed by atoms with van der Waals surface area (Å²) in [6.07, 6.45) is 2.95. The minimum Gasteiger partial charge on any atom is -0.497 e. The Kier molecular flexibility index (Phi) is 5.46. The lowest BCUT2D eigenvalue weighted by Gasteiger charge is -2.30. The van der Waals surface area contributed by atoms with E-state index in [4.69, 9.17) is 4.74 Å². The van der Waals surface area contributed by atoms with Gasteiger partial charge < -0.3 is 4.74 Å². The van der Waals surface area contributed by atoms with Gasteiger partial charge in [-0.3, -0.25) is 9.78 Å². The quantitative estimate of drug-likeness (QED) is 0.434. The van der Waals surface area contributed by atoms with Gasteiger partial charge in [0.05, 0.1) is 12.8 Å². The van der Waals surface area contributed by atoms with Crippen LogP contribution in [0, 0.1) is 0 Å². The number of pyridine rings is 1. The normalized spacial score (nSPS) is 14.0. The predicted molar refractivity (Wildman–Crippen MR) is 104 cm³/mol. The molecule has 0 aliphatic heterocycles. The zero-order valence-electron chi connectivity index (χ0n) is 15.0. The van der Waals surface area contributed by atoms with Gasteiger partial charge in [0.2, 0.25) is 11.5 Å². The first kappa shape index (κ1) is 18.5. The molecule has 3 aromatic rings. The number of methoxy groups -OCH3 is 1. The first-order valence-electron chi connectivity index (χ1n) is 8.58. The third-order valence-corrected chi connectivity index (χ3v) is 4.54. The summed E-state index contributed by atoms with van der Waals surface area (Å²) in [7, 11) is 1.54. The maximum atomic E-state index is 16.6. The molecule has 0 radical (unpaired) electrons. The number of hydrogen-bond acceptors (Lipinski definition) is 3. The second kappa shape index (κ2) is 7.96. The van der Waals surface area contributed by atoms with Crippen molar-refractivity contribution in [3.63, 3.8) is 0 Å². The van der Waals surface area contributed by atoms with E-state index in [2.05, 4.69) is 11.6 Å². The minimum atomic E-state index is -2.39. The Morgan fingerprint density at radius 3 is 2.30 bits per heavy atom. The molecule has 0 unspecified atom stereocenters. The van der Waals surface area contributed by atoms with Crippen LogP contribution in [0.3, 0.4) is 0 Å². The smallest absolute Gasteiger partial charge is 0.225 e. The topological polar surface area (TPSA) is 39.2 Å². The van der Waals surface area contributed by atoms with Gasteiger partial charge in [0.1, 0.15) is 5.75 Å². The number of Topliss-reactive ketones (excluding diaryl/α,β-unsaturated/α-hetero) is 1. The Morgan fingerprint density at radius 2 is 1.74 bits per heavy atom. The third-order valence-electron chi connectivity index (χ3n) is 4.54. The average Bonchev–Trinajstić information content (AvgIpc) is 2.75. The fraction of sp³-hybridized carbons (Fsp3) is 0.130. The number of aromatic nitrogens is 1. The van der Waals surface area contributed by atoms with Gasteiger partial charge in [0.15, 0.2) is 0 Å². The number of carbonyl (C=O) groups is 1. The van der Waals surface area contributed by atoms with Gasteiger partial charge in [-0.15, -0.1) is 6.58 Å². The zero-order chi connectivity index (χ0) is 19.3. The van der Waals surface area contributed by atoms with E-state index in [9.17, 15) is 4.79 Å². The van der Waals surface area contributed by atoms with Crippen molar-refractivity contribution in [1.29, 1.82) is 0 Å². The largest absolute Gasteiger partial charge is 0.497 e. The van der Waals surface area contributed by atoms with Crippen LogP contribution in [0.5, 0.6) is 5.75 Å². The van der Waals surface area contributed by atoms with E-state index in [-0.39, 0.29) is 11.3 Å². The van der Waals surface area contributed by atoms with E-state index < -0.39 is 17.4 Å². The summed E-state index contributed by atoms with van der Waals surface area (Å²) < 4.78 is 21.7. The highest BCUT2D eigenvalue weighted by atomic mass is 19.1. The first-order chi connectivity index (χ1) is 13.1. The van der Waals surface area contributed by atoms with Crippen molar-refractivity contribution in [1.82, 2.24) is 4.98 Å². The molecule has 0 bridgehead atoms. The van der Waals surface area contributed by atoms with Gasteiger partial charge in [-0.25, -0.2) is 4.39 Å². The second-order valence-electron chi connectivity index (χ2n) is 6.11. The molecule has 0 aliphatic carbocycles. The van der Waals surface area contributed by atoms with Crippen LogP contribution in [0.4, 0.5) is 4.39 Å². The molecule has 0 saturated heterocycles. The molecule has 2 aromatic carbocycles. The maximum Gasteiger partial charge on any atom is 0.225 e. The summed E-state index contributed by atoms with van der Waals surface area (Å²) in [4.78, 5) is 17.5. The molecule has 0 amide bonds. The first-order valence-corrected chi connectivity index (χ1v) is 8.58. The Hall–Kier alpha value is -3.27. The van der Waals surface area contributed by atoms with E-state index in [0.29, 0.717) is 11.3 Å². The van der Waals surface area contributed by atoms with Gasteiger partial charge in [-0.1, -0.05) is 42.5 Å². The third kappa shape index (κ3) is 3.51. The van der Waals surface area contributed by atoms with Gasteiger partial charge in [-0.2, -0.15) is 0 Å². The highest BCUT2D eigenvalue weighted by Gasteiger charge is 2.48. The second-order valence-corrected chi connectivity index (χ2v) is 6.11. The summed E-state index contributed by atoms with van der Waals surface area (Å²) in [6, 6.07) is 20.3.